The highest BCUT2D eigenvalue weighted by Crippen LogP contribution is 2.30. The van der Waals surface area contributed by atoms with Crippen LogP contribution >= 0.6 is 11.8 Å². The Hall–Kier alpha value is -2.21. The number of hydrogen-bond acceptors (Lipinski definition) is 5. The smallest absolute Gasteiger partial charge is 0.175 e. The molecule has 0 radical (unpaired) electrons. The topological polar surface area (TPSA) is 60.7 Å². The fraction of sp³-hybridized carbons (Fsp3) is 0.333. The van der Waals surface area contributed by atoms with Crippen LogP contribution in [0.15, 0.2) is 35.7 Å². The minimum absolute atomic E-state index is 0.144. The van der Waals surface area contributed by atoms with Gasteiger partial charge in [-0.25, -0.2) is 9.97 Å². The largest absolute Gasteiger partial charge is 0.293 e. The first-order valence-corrected chi connectivity index (χ1v) is 8.97. The van der Waals surface area contributed by atoms with E-state index in [1.165, 1.54) is 35.6 Å². The van der Waals surface area contributed by atoms with Crippen molar-refractivity contribution in [2.24, 2.45) is 7.05 Å². The average molecular weight is 338 g/mol. The molecular weight excluding hydrogens is 320 g/mol. The molecule has 2 heterocycles. The molecule has 2 aromatic heterocycles. The summed E-state index contributed by atoms with van der Waals surface area (Å²) in [6.07, 6.45) is 6.69. The molecule has 0 saturated carbocycles. The number of nitrogens with zero attached hydrogens (tertiary/aromatic N) is 4. The molecule has 0 spiro atoms. The summed E-state index contributed by atoms with van der Waals surface area (Å²) in [5.41, 5.74) is 4.30. The zero-order chi connectivity index (χ0) is 16.7. The third kappa shape index (κ3) is 2.60. The van der Waals surface area contributed by atoms with E-state index in [2.05, 4.69) is 27.2 Å². The average Bonchev–Trinajstić information content (AvgIpc) is 3.21. The quantitative estimate of drug-likeness (QED) is 0.415. The summed E-state index contributed by atoms with van der Waals surface area (Å²) in [5, 5.41) is 5.70. The van der Waals surface area contributed by atoms with Crippen LogP contribution in [0, 0.1) is 0 Å². The summed E-state index contributed by atoms with van der Waals surface area (Å²) in [7, 11) is 1.85. The van der Waals surface area contributed by atoms with Crippen molar-refractivity contribution in [2.75, 3.05) is 0 Å². The molecule has 0 amide bonds. The molecule has 1 unspecified atom stereocenters. The van der Waals surface area contributed by atoms with Crippen molar-refractivity contribution in [1.82, 2.24) is 19.7 Å². The molecule has 0 bridgehead atoms. The van der Waals surface area contributed by atoms with Gasteiger partial charge in [0.2, 0.25) is 0 Å². The van der Waals surface area contributed by atoms with Crippen LogP contribution in [0.25, 0.3) is 11.0 Å². The Morgan fingerprint density at radius 3 is 2.96 bits per heavy atom. The molecule has 1 atom stereocenters. The number of ketones is 1. The molecule has 0 N–H and O–H groups in total. The van der Waals surface area contributed by atoms with Gasteiger partial charge in [-0.1, -0.05) is 23.9 Å². The summed E-state index contributed by atoms with van der Waals surface area (Å²) in [5.74, 6) is 0.144. The maximum Gasteiger partial charge on any atom is 0.175 e. The van der Waals surface area contributed by atoms with Gasteiger partial charge in [0.1, 0.15) is 11.4 Å². The predicted molar refractivity (Wildman–Crippen MR) is 94.4 cm³/mol. The van der Waals surface area contributed by atoms with Gasteiger partial charge >= 0.3 is 0 Å². The van der Waals surface area contributed by atoms with Crippen molar-refractivity contribution in [2.45, 2.75) is 36.5 Å². The molecule has 3 aromatic rings. The monoisotopic (exact) mass is 338 g/mol. The fourth-order valence-electron chi connectivity index (χ4n) is 3.22. The van der Waals surface area contributed by atoms with Gasteiger partial charge in [0.05, 0.1) is 16.8 Å². The van der Waals surface area contributed by atoms with Crippen LogP contribution in [0.1, 0.15) is 34.8 Å². The van der Waals surface area contributed by atoms with Crippen LogP contribution in [-0.4, -0.2) is 30.8 Å². The molecule has 0 saturated heterocycles. The minimum Gasteiger partial charge on any atom is -0.293 e. The van der Waals surface area contributed by atoms with Crippen LogP contribution in [0.3, 0.4) is 0 Å². The van der Waals surface area contributed by atoms with E-state index in [9.17, 15) is 4.79 Å². The first kappa shape index (κ1) is 15.3. The second-order valence-electron chi connectivity index (χ2n) is 6.15. The van der Waals surface area contributed by atoms with Gasteiger partial charge in [0.25, 0.3) is 0 Å². The SMILES string of the molecule is CC(Sc1ncnc2c1cnn2C)C(=O)c1ccc2c(c1)CCC2. The van der Waals surface area contributed by atoms with E-state index in [4.69, 9.17) is 0 Å². The zero-order valence-corrected chi connectivity index (χ0v) is 14.5. The molecule has 6 heteroatoms. The van der Waals surface area contributed by atoms with Crippen LogP contribution in [0.2, 0.25) is 0 Å². The number of thioether (sulfide) groups is 1. The number of benzene rings is 1. The highest BCUT2D eigenvalue weighted by Gasteiger charge is 2.21. The fourth-order valence-corrected chi connectivity index (χ4v) is 4.17. The van der Waals surface area contributed by atoms with Gasteiger partial charge in [-0.05, 0) is 43.4 Å². The molecule has 1 aliphatic carbocycles. The summed E-state index contributed by atoms with van der Waals surface area (Å²) >= 11 is 1.47. The van der Waals surface area contributed by atoms with Gasteiger partial charge in [-0.2, -0.15) is 5.10 Å². The van der Waals surface area contributed by atoms with E-state index in [0.29, 0.717) is 0 Å². The van der Waals surface area contributed by atoms with E-state index in [0.717, 1.165) is 34.5 Å². The third-order valence-electron chi connectivity index (χ3n) is 4.53. The lowest BCUT2D eigenvalue weighted by Crippen LogP contribution is -2.14. The van der Waals surface area contributed by atoms with Crippen molar-refractivity contribution in [1.29, 1.82) is 0 Å². The number of rotatable bonds is 4. The number of hydrogen-bond donors (Lipinski definition) is 0. The number of Topliss-reactive ketones (excluding diaryl/α,β-unsaturated/α-hetero) is 1. The summed E-state index contributed by atoms with van der Waals surface area (Å²) in [4.78, 5) is 21.4. The lowest BCUT2D eigenvalue weighted by Gasteiger charge is -2.11. The van der Waals surface area contributed by atoms with Gasteiger partial charge in [0.15, 0.2) is 11.4 Å². The Balaban J connectivity index is 1.59. The summed E-state index contributed by atoms with van der Waals surface area (Å²) < 4.78 is 1.72. The van der Waals surface area contributed by atoms with E-state index >= 15 is 0 Å². The second-order valence-corrected chi connectivity index (χ2v) is 7.48. The Bertz CT molecular complexity index is 934. The highest BCUT2D eigenvalue weighted by molar-refractivity contribution is 8.00. The Kier molecular flexibility index (Phi) is 3.84. The van der Waals surface area contributed by atoms with E-state index in [1.54, 1.807) is 10.9 Å². The highest BCUT2D eigenvalue weighted by atomic mass is 32.2. The molecule has 122 valence electrons. The molecular formula is C18H18N4OS. The van der Waals surface area contributed by atoms with Gasteiger partial charge in [-0.3, -0.25) is 9.48 Å². The van der Waals surface area contributed by atoms with Crippen LogP contribution in [0.5, 0.6) is 0 Å². The maximum atomic E-state index is 12.8. The van der Waals surface area contributed by atoms with Gasteiger partial charge in [0, 0.05) is 12.6 Å². The lowest BCUT2D eigenvalue weighted by atomic mass is 10.0. The van der Waals surface area contributed by atoms with E-state index < -0.39 is 0 Å². The van der Waals surface area contributed by atoms with Crippen LogP contribution in [-0.2, 0) is 19.9 Å². The van der Waals surface area contributed by atoms with Crippen molar-refractivity contribution in [3.05, 3.63) is 47.4 Å². The molecule has 4 rings (SSSR count). The zero-order valence-electron chi connectivity index (χ0n) is 13.7. The molecule has 1 aliphatic rings. The summed E-state index contributed by atoms with van der Waals surface area (Å²) in [6.45, 7) is 1.94. The van der Waals surface area contributed by atoms with Crippen LogP contribution < -0.4 is 0 Å². The molecule has 0 fully saturated rings. The van der Waals surface area contributed by atoms with Crippen LogP contribution in [0.4, 0.5) is 0 Å². The maximum absolute atomic E-state index is 12.8. The molecule has 0 aliphatic heterocycles. The molecule has 1 aromatic carbocycles. The Morgan fingerprint density at radius 1 is 1.25 bits per heavy atom. The van der Waals surface area contributed by atoms with E-state index in [1.807, 2.05) is 20.0 Å². The normalized spacial score (nSPS) is 14.8. The second kappa shape index (κ2) is 6.02. The number of carbonyl (C=O) groups excluding carboxylic acids is 1. The minimum atomic E-state index is -0.206. The molecule has 5 nitrogen and oxygen atoms in total. The third-order valence-corrected chi connectivity index (χ3v) is 5.65. The van der Waals surface area contributed by atoms with Crippen molar-refractivity contribution in [3.63, 3.8) is 0 Å². The standard InChI is InChI=1S/C18H18N4OS/c1-11(16(23)14-7-6-12-4-3-5-13(12)8-14)24-18-15-9-21-22(2)17(15)19-10-20-18/h6-11H,3-5H2,1-2H3. The molecule has 24 heavy (non-hydrogen) atoms. The number of fused-ring (bicyclic) bond motifs is 2. The van der Waals surface area contributed by atoms with Crippen molar-refractivity contribution >= 4 is 28.6 Å². The number of aromatic nitrogens is 4. The van der Waals surface area contributed by atoms with Crippen molar-refractivity contribution in [3.8, 4) is 0 Å². The number of aryl methyl sites for hydroxylation is 3. The number of carbonyl (C=O) groups is 1. The van der Waals surface area contributed by atoms with E-state index in [-0.39, 0.29) is 11.0 Å². The summed E-state index contributed by atoms with van der Waals surface area (Å²) in [6, 6.07) is 6.14. The first-order chi connectivity index (χ1) is 11.6. The predicted octanol–water partition coefficient (Wildman–Crippen LogP) is 3.22. The Labute approximate surface area is 144 Å². The van der Waals surface area contributed by atoms with Gasteiger partial charge < -0.3 is 0 Å². The van der Waals surface area contributed by atoms with Gasteiger partial charge in [-0.15, -0.1) is 0 Å². The first-order valence-electron chi connectivity index (χ1n) is 8.09. The Morgan fingerprint density at radius 2 is 2.08 bits per heavy atom. The van der Waals surface area contributed by atoms with Crippen molar-refractivity contribution < 1.29 is 4.79 Å². The lowest BCUT2D eigenvalue weighted by molar-refractivity contribution is 0.0994.